The molecular formula is C25H19NO2. The van der Waals surface area contributed by atoms with E-state index in [0.717, 1.165) is 39.8 Å². The molecule has 0 bridgehead atoms. The van der Waals surface area contributed by atoms with Crippen LogP contribution in [0, 0.1) is 6.92 Å². The highest BCUT2D eigenvalue weighted by Crippen LogP contribution is 2.26. The van der Waals surface area contributed by atoms with Crippen molar-refractivity contribution in [3.05, 3.63) is 95.4 Å². The third-order valence-electron chi connectivity index (χ3n) is 4.57. The van der Waals surface area contributed by atoms with E-state index in [0.29, 0.717) is 5.89 Å². The molecule has 0 radical (unpaired) electrons. The lowest BCUT2D eigenvalue weighted by Crippen LogP contribution is -1.80. The second-order valence-electron chi connectivity index (χ2n) is 6.52. The zero-order valence-corrected chi connectivity index (χ0v) is 15.5. The van der Waals surface area contributed by atoms with Crippen LogP contribution in [0.15, 0.2) is 77.2 Å². The summed E-state index contributed by atoms with van der Waals surface area (Å²) in [6.07, 6.45) is 7.99. The van der Waals surface area contributed by atoms with Gasteiger partial charge in [-0.1, -0.05) is 66.7 Å². The predicted molar refractivity (Wildman–Crippen MR) is 115 cm³/mol. The SMILES string of the molecule is Cc1oc(-c2ccc3ccccc3c2)nc1/C=C/c1ccc(/C=C/C=O)cc1. The molecular weight excluding hydrogens is 346 g/mol. The number of carbonyl (C=O) groups excluding carboxylic acids is 1. The minimum absolute atomic E-state index is 0.622. The number of fused-ring (bicyclic) bond motifs is 1. The third-order valence-corrected chi connectivity index (χ3v) is 4.57. The number of hydrogen-bond acceptors (Lipinski definition) is 3. The highest BCUT2D eigenvalue weighted by atomic mass is 16.4. The quantitative estimate of drug-likeness (QED) is 0.313. The summed E-state index contributed by atoms with van der Waals surface area (Å²) in [5.41, 5.74) is 3.82. The van der Waals surface area contributed by atoms with Crippen molar-refractivity contribution in [3.63, 3.8) is 0 Å². The molecule has 0 fully saturated rings. The van der Waals surface area contributed by atoms with Crippen molar-refractivity contribution in [2.24, 2.45) is 0 Å². The van der Waals surface area contributed by atoms with E-state index in [1.807, 2.05) is 61.5 Å². The van der Waals surface area contributed by atoms with Gasteiger partial charge < -0.3 is 4.42 Å². The first-order valence-electron chi connectivity index (χ1n) is 9.09. The molecule has 0 aliphatic heterocycles. The van der Waals surface area contributed by atoms with Crippen LogP contribution in [-0.2, 0) is 4.79 Å². The minimum Gasteiger partial charge on any atom is -0.441 e. The fourth-order valence-electron chi connectivity index (χ4n) is 3.05. The second-order valence-corrected chi connectivity index (χ2v) is 6.52. The summed E-state index contributed by atoms with van der Waals surface area (Å²) < 4.78 is 5.90. The molecule has 0 spiro atoms. The van der Waals surface area contributed by atoms with Crippen LogP contribution in [0.5, 0.6) is 0 Å². The smallest absolute Gasteiger partial charge is 0.226 e. The molecule has 0 aliphatic rings. The van der Waals surface area contributed by atoms with Crippen LogP contribution in [0.1, 0.15) is 22.6 Å². The summed E-state index contributed by atoms with van der Waals surface area (Å²) >= 11 is 0. The maximum Gasteiger partial charge on any atom is 0.226 e. The number of aldehydes is 1. The van der Waals surface area contributed by atoms with Gasteiger partial charge in [0.05, 0.1) is 0 Å². The molecule has 3 nitrogen and oxygen atoms in total. The Morgan fingerprint density at radius 1 is 0.821 bits per heavy atom. The van der Waals surface area contributed by atoms with Gasteiger partial charge in [0.2, 0.25) is 5.89 Å². The molecule has 1 heterocycles. The van der Waals surface area contributed by atoms with Crippen LogP contribution in [0.4, 0.5) is 0 Å². The standard InChI is InChI=1S/C25H19NO2/c1-18-24(15-12-20-10-8-19(9-11-20)5-4-16-27)26-25(28-18)23-14-13-21-6-2-3-7-22(21)17-23/h2-17H,1H3/b5-4+,15-12+. The van der Waals surface area contributed by atoms with E-state index in [2.05, 4.69) is 29.2 Å². The van der Waals surface area contributed by atoms with Crippen molar-refractivity contribution in [1.29, 1.82) is 0 Å². The maximum absolute atomic E-state index is 10.4. The molecule has 0 saturated heterocycles. The van der Waals surface area contributed by atoms with E-state index in [9.17, 15) is 4.79 Å². The highest BCUT2D eigenvalue weighted by molar-refractivity contribution is 5.86. The van der Waals surface area contributed by atoms with Crippen LogP contribution >= 0.6 is 0 Å². The zero-order valence-electron chi connectivity index (χ0n) is 15.5. The lowest BCUT2D eigenvalue weighted by molar-refractivity contribution is -0.104. The van der Waals surface area contributed by atoms with Gasteiger partial charge in [-0.05, 0) is 53.1 Å². The predicted octanol–water partition coefficient (Wildman–Crippen LogP) is 6.19. The van der Waals surface area contributed by atoms with Gasteiger partial charge in [-0.15, -0.1) is 0 Å². The van der Waals surface area contributed by atoms with Gasteiger partial charge in [-0.3, -0.25) is 4.79 Å². The average molecular weight is 365 g/mol. The van der Waals surface area contributed by atoms with Crippen molar-refractivity contribution in [2.75, 3.05) is 0 Å². The van der Waals surface area contributed by atoms with Crippen LogP contribution < -0.4 is 0 Å². The number of carbonyl (C=O) groups is 1. The minimum atomic E-state index is 0.622. The summed E-state index contributed by atoms with van der Waals surface area (Å²) in [6.45, 7) is 1.92. The van der Waals surface area contributed by atoms with Gasteiger partial charge in [0.15, 0.2) is 0 Å². The Kier molecular flexibility index (Phi) is 4.98. The normalized spacial score (nSPS) is 11.6. The Morgan fingerprint density at radius 2 is 1.54 bits per heavy atom. The molecule has 136 valence electrons. The van der Waals surface area contributed by atoms with E-state index >= 15 is 0 Å². The van der Waals surface area contributed by atoms with Crippen molar-refractivity contribution >= 4 is 35.3 Å². The summed E-state index contributed by atoms with van der Waals surface area (Å²) in [7, 11) is 0. The van der Waals surface area contributed by atoms with E-state index < -0.39 is 0 Å². The molecule has 0 saturated carbocycles. The number of aryl methyl sites for hydroxylation is 1. The molecule has 3 heteroatoms. The second kappa shape index (κ2) is 7.89. The molecule has 0 aliphatic carbocycles. The van der Waals surface area contributed by atoms with Gasteiger partial charge in [-0.2, -0.15) is 0 Å². The lowest BCUT2D eigenvalue weighted by atomic mass is 10.1. The molecule has 3 aromatic carbocycles. The summed E-state index contributed by atoms with van der Waals surface area (Å²) in [5, 5.41) is 2.36. The molecule has 0 atom stereocenters. The Labute approximate surface area is 163 Å². The van der Waals surface area contributed by atoms with Crippen LogP contribution in [-0.4, -0.2) is 11.3 Å². The fraction of sp³-hybridized carbons (Fsp3) is 0.0400. The van der Waals surface area contributed by atoms with Crippen LogP contribution in [0.2, 0.25) is 0 Å². The largest absolute Gasteiger partial charge is 0.441 e. The van der Waals surface area contributed by atoms with Crippen molar-refractivity contribution in [1.82, 2.24) is 4.98 Å². The number of benzene rings is 3. The molecule has 28 heavy (non-hydrogen) atoms. The van der Waals surface area contributed by atoms with E-state index in [4.69, 9.17) is 4.42 Å². The highest BCUT2D eigenvalue weighted by Gasteiger charge is 2.10. The van der Waals surface area contributed by atoms with Crippen molar-refractivity contribution in [2.45, 2.75) is 6.92 Å². The van der Waals surface area contributed by atoms with Crippen molar-refractivity contribution < 1.29 is 9.21 Å². The first-order valence-corrected chi connectivity index (χ1v) is 9.09. The van der Waals surface area contributed by atoms with E-state index in [1.165, 1.54) is 11.5 Å². The molecule has 0 amide bonds. The third kappa shape index (κ3) is 3.84. The number of aromatic nitrogens is 1. The molecule has 0 N–H and O–H groups in total. The summed E-state index contributed by atoms with van der Waals surface area (Å²) in [6, 6.07) is 22.4. The number of allylic oxidation sites excluding steroid dienone is 1. The Bertz CT molecular complexity index is 1180. The lowest BCUT2D eigenvalue weighted by Gasteiger charge is -1.99. The zero-order chi connectivity index (χ0) is 19.3. The summed E-state index contributed by atoms with van der Waals surface area (Å²) in [4.78, 5) is 15.0. The fourth-order valence-corrected chi connectivity index (χ4v) is 3.05. The maximum atomic E-state index is 10.4. The molecule has 4 rings (SSSR count). The summed E-state index contributed by atoms with van der Waals surface area (Å²) in [5.74, 6) is 1.40. The molecule has 4 aromatic rings. The number of rotatable bonds is 5. The van der Waals surface area contributed by atoms with Gasteiger partial charge >= 0.3 is 0 Å². The van der Waals surface area contributed by atoms with Gasteiger partial charge in [0.25, 0.3) is 0 Å². The number of nitrogens with zero attached hydrogens (tertiary/aromatic N) is 1. The van der Waals surface area contributed by atoms with Gasteiger partial charge in [0, 0.05) is 5.56 Å². The first-order chi connectivity index (χ1) is 13.7. The molecule has 1 aromatic heterocycles. The van der Waals surface area contributed by atoms with Crippen LogP contribution in [0.3, 0.4) is 0 Å². The Morgan fingerprint density at radius 3 is 2.29 bits per heavy atom. The number of oxazole rings is 1. The van der Waals surface area contributed by atoms with Crippen molar-refractivity contribution in [3.8, 4) is 11.5 Å². The topological polar surface area (TPSA) is 43.1 Å². The monoisotopic (exact) mass is 365 g/mol. The van der Waals surface area contributed by atoms with Gasteiger partial charge in [0.1, 0.15) is 17.7 Å². The Balaban J connectivity index is 1.57. The van der Waals surface area contributed by atoms with E-state index in [-0.39, 0.29) is 0 Å². The molecule has 0 unspecified atom stereocenters. The Hall–Kier alpha value is -3.72. The average Bonchev–Trinajstić information content (AvgIpc) is 3.11. The van der Waals surface area contributed by atoms with E-state index in [1.54, 1.807) is 6.08 Å². The number of hydrogen-bond donors (Lipinski definition) is 0. The van der Waals surface area contributed by atoms with Gasteiger partial charge in [-0.25, -0.2) is 4.98 Å². The first kappa shape index (κ1) is 17.7. The van der Waals surface area contributed by atoms with Crippen LogP contribution in [0.25, 0.3) is 40.5 Å².